The number of carbonyl (C=O) groups excluding carboxylic acids is 1. The van der Waals surface area contributed by atoms with Crippen LogP contribution in [-0.4, -0.2) is 57.4 Å². The topological polar surface area (TPSA) is 167 Å². The van der Waals surface area contributed by atoms with Gasteiger partial charge in [-0.1, -0.05) is 12.1 Å². The van der Waals surface area contributed by atoms with Crippen LogP contribution < -0.4 is 20.1 Å². The van der Waals surface area contributed by atoms with Gasteiger partial charge in [-0.05, 0) is 37.5 Å². The number of para-hydroxylation sites is 1. The monoisotopic (exact) mass is 503 g/mol. The molecule has 0 spiro atoms. The Morgan fingerprint density at radius 3 is 2.76 bits per heavy atom. The molecule has 1 aromatic carbocycles. The molecular weight excluding hydrogens is 478 g/mol. The van der Waals surface area contributed by atoms with E-state index in [4.69, 9.17) is 9.47 Å². The van der Waals surface area contributed by atoms with Gasteiger partial charge in [-0.3, -0.25) is 14.6 Å². The smallest absolute Gasteiger partial charge is 0.319 e. The minimum atomic E-state index is -1.82. The molecule has 4 N–H and O–H groups in total. The van der Waals surface area contributed by atoms with Gasteiger partial charge >= 0.3 is 5.97 Å². The molecule has 37 heavy (non-hydrogen) atoms. The number of nitrogens with zero attached hydrogens (tertiary/aromatic N) is 3. The number of carbonyl (C=O) groups is 2. The normalized spacial score (nSPS) is 22.7. The largest absolute Gasteiger partial charge is 0.486 e. The summed E-state index contributed by atoms with van der Waals surface area (Å²) in [6.07, 6.45) is 0.534. The molecule has 11 nitrogen and oxygen atoms in total. The van der Waals surface area contributed by atoms with Gasteiger partial charge in [0.25, 0.3) is 0 Å². The number of ether oxygens (including phenoxy) is 2. The van der Waals surface area contributed by atoms with Crippen LogP contribution in [0.25, 0.3) is 10.9 Å². The summed E-state index contributed by atoms with van der Waals surface area (Å²) < 4.78 is 11.0. The van der Waals surface area contributed by atoms with Crippen molar-refractivity contribution in [2.75, 3.05) is 18.5 Å². The number of benzene rings is 1. The number of fused-ring (bicyclic) bond motifs is 2. The first-order chi connectivity index (χ1) is 17.9. The Morgan fingerprint density at radius 1 is 1.19 bits per heavy atom. The highest BCUT2D eigenvalue weighted by atomic mass is 16.6. The summed E-state index contributed by atoms with van der Waals surface area (Å²) in [4.78, 5) is 34.3. The van der Waals surface area contributed by atoms with Gasteiger partial charge in [-0.2, -0.15) is 5.26 Å². The first-order valence-corrected chi connectivity index (χ1v) is 11.9. The van der Waals surface area contributed by atoms with Gasteiger partial charge in [0.05, 0.1) is 29.2 Å². The van der Waals surface area contributed by atoms with E-state index >= 15 is 0 Å². The summed E-state index contributed by atoms with van der Waals surface area (Å²) in [6.45, 7) is 1.25. The molecule has 190 valence electrons. The number of rotatable bonds is 6. The zero-order chi connectivity index (χ0) is 26.0. The standard InChI is InChI=1S/C26H25N5O6/c27-12-16-5-4-15-2-1-3-19(23(15)30-16)31-24(33)26(25(34)35)7-6-18(20(32)11-26)29-13-17-10-21-22(14-28-17)37-9-8-36-21/h1-5,10,14,18,20,29,32H,6-9,11,13H2,(H,31,33)(H,34,35)/t18-,20+,26-/m1/s1. The van der Waals surface area contributed by atoms with E-state index in [9.17, 15) is 25.1 Å². The van der Waals surface area contributed by atoms with Crippen LogP contribution in [0.3, 0.4) is 0 Å². The molecule has 1 aliphatic carbocycles. The SMILES string of the molecule is N#Cc1ccc2cccc(NC(=O)[C@@]3(C(=O)O)CC[C@@H](NCc4cc5c(cn4)OCCO5)[C@@H](O)C3)c2n1. The lowest BCUT2D eigenvalue weighted by atomic mass is 9.70. The number of nitrogens with one attached hydrogen (secondary N) is 2. The number of hydrogen-bond donors (Lipinski definition) is 4. The number of aliphatic hydroxyl groups excluding tert-OH is 1. The second-order valence-corrected chi connectivity index (χ2v) is 9.14. The van der Waals surface area contributed by atoms with E-state index < -0.39 is 29.4 Å². The number of pyridine rings is 2. The van der Waals surface area contributed by atoms with Crippen LogP contribution in [0.15, 0.2) is 42.6 Å². The number of nitriles is 1. The Hall–Kier alpha value is -4.27. The first-order valence-electron chi connectivity index (χ1n) is 11.9. The van der Waals surface area contributed by atoms with Crippen molar-refractivity contribution in [3.8, 4) is 17.6 Å². The van der Waals surface area contributed by atoms with Gasteiger partial charge in [-0.15, -0.1) is 0 Å². The summed E-state index contributed by atoms with van der Waals surface area (Å²) in [5.41, 5.74) is -0.263. The second kappa shape index (κ2) is 10.0. The summed E-state index contributed by atoms with van der Waals surface area (Å²) in [5.74, 6) is -0.853. The third-order valence-electron chi connectivity index (χ3n) is 6.86. The third-order valence-corrected chi connectivity index (χ3v) is 6.86. The predicted molar refractivity (Wildman–Crippen MR) is 131 cm³/mol. The third kappa shape index (κ3) is 4.76. The highest BCUT2D eigenvalue weighted by Crippen LogP contribution is 2.39. The quantitative estimate of drug-likeness (QED) is 0.365. The number of amides is 1. The fourth-order valence-electron chi connectivity index (χ4n) is 4.81. The van der Waals surface area contributed by atoms with Crippen LogP contribution in [-0.2, 0) is 16.1 Å². The number of aromatic nitrogens is 2. The van der Waals surface area contributed by atoms with E-state index in [1.807, 2.05) is 6.07 Å². The molecule has 5 rings (SSSR count). The van der Waals surface area contributed by atoms with Crippen molar-refractivity contribution in [3.05, 3.63) is 54.0 Å². The van der Waals surface area contributed by atoms with Crippen LogP contribution in [0.4, 0.5) is 5.69 Å². The van der Waals surface area contributed by atoms with E-state index in [2.05, 4.69) is 20.6 Å². The lowest BCUT2D eigenvalue weighted by Crippen LogP contribution is -2.54. The highest BCUT2D eigenvalue weighted by molar-refractivity contribution is 6.11. The average Bonchev–Trinajstić information content (AvgIpc) is 2.92. The van der Waals surface area contributed by atoms with Gasteiger partial charge in [0.2, 0.25) is 5.91 Å². The molecule has 1 saturated carbocycles. The van der Waals surface area contributed by atoms with Crippen molar-refractivity contribution in [2.45, 2.75) is 38.0 Å². The van der Waals surface area contributed by atoms with Crippen LogP contribution >= 0.6 is 0 Å². The fraction of sp³-hybridized carbons (Fsp3) is 0.346. The zero-order valence-corrected chi connectivity index (χ0v) is 19.8. The molecule has 2 aromatic heterocycles. The molecule has 1 amide bonds. The van der Waals surface area contributed by atoms with E-state index in [0.717, 1.165) is 0 Å². The summed E-state index contributed by atoms with van der Waals surface area (Å²) in [5, 5.41) is 36.7. The van der Waals surface area contributed by atoms with Gasteiger partial charge in [0.1, 0.15) is 30.4 Å². The number of aliphatic carboxylic acids is 1. The maximum Gasteiger partial charge on any atom is 0.319 e. The van der Waals surface area contributed by atoms with E-state index in [1.165, 1.54) is 0 Å². The van der Waals surface area contributed by atoms with Crippen molar-refractivity contribution in [3.63, 3.8) is 0 Å². The predicted octanol–water partition coefficient (Wildman–Crippen LogP) is 1.99. The van der Waals surface area contributed by atoms with Crippen molar-refractivity contribution in [2.24, 2.45) is 5.41 Å². The number of anilines is 1. The zero-order valence-electron chi connectivity index (χ0n) is 19.8. The average molecular weight is 504 g/mol. The van der Waals surface area contributed by atoms with E-state index in [-0.39, 0.29) is 25.0 Å². The molecule has 0 bridgehead atoms. The first kappa shape index (κ1) is 24.4. The number of hydrogen-bond acceptors (Lipinski definition) is 9. The molecule has 11 heteroatoms. The number of carboxylic acids is 1. The maximum atomic E-state index is 13.3. The molecule has 0 saturated heterocycles. The van der Waals surface area contributed by atoms with Gasteiger partial charge in [0.15, 0.2) is 11.5 Å². The summed E-state index contributed by atoms with van der Waals surface area (Å²) in [7, 11) is 0. The fourth-order valence-corrected chi connectivity index (χ4v) is 4.81. The van der Waals surface area contributed by atoms with E-state index in [1.54, 1.807) is 42.6 Å². The number of aliphatic hydroxyl groups is 1. The Labute approximate surface area is 212 Å². The summed E-state index contributed by atoms with van der Waals surface area (Å²) >= 11 is 0. The molecule has 1 aliphatic heterocycles. The molecule has 3 heterocycles. The Kier molecular flexibility index (Phi) is 6.60. The minimum Gasteiger partial charge on any atom is -0.486 e. The molecule has 3 atom stereocenters. The molecule has 0 unspecified atom stereocenters. The van der Waals surface area contributed by atoms with Crippen molar-refractivity contribution in [1.29, 1.82) is 5.26 Å². The van der Waals surface area contributed by atoms with Crippen molar-refractivity contribution in [1.82, 2.24) is 15.3 Å². The van der Waals surface area contributed by atoms with Crippen molar-refractivity contribution >= 4 is 28.5 Å². The van der Waals surface area contributed by atoms with Gasteiger partial charge < -0.3 is 30.3 Å². The molecule has 1 fully saturated rings. The van der Waals surface area contributed by atoms with Crippen LogP contribution in [0.2, 0.25) is 0 Å². The number of carboxylic acid groups (broad SMARTS) is 1. The molecule has 3 aromatic rings. The minimum absolute atomic E-state index is 0.0269. The van der Waals surface area contributed by atoms with Crippen LogP contribution in [0.1, 0.15) is 30.7 Å². The molecule has 2 aliphatic rings. The Balaban J connectivity index is 1.29. The Morgan fingerprint density at radius 2 is 2.00 bits per heavy atom. The Bertz CT molecular complexity index is 1410. The van der Waals surface area contributed by atoms with Crippen molar-refractivity contribution < 1.29 is 29.3 Å². The van der Waals surface area contributed by atoms with Gasteiger partial charge in [-0.25, -0.2) is 4.98 Å². The molecule has 0 radical (unpaired) electrons. The maximum absolute atomic E-state index is 13.3. The van der Waals surface area contributed by atoms with Gasteiger partial charge in [0, 0.05) is 24.0 Å². The lowest BCUT2D eigenvalue weighted by molar-refractivity contribution is -0.159. The van der Waals surface area contributed by atoms with E-state index in [0.29, 0.717) is 53.5 Å². The highest BCUT2D eigenvalue weighted by Gasteiger charge is 2.51. The second-order valence-electron chi connectivity index (χ2n) is 9.14. The van der Waals surface area contributed by atoms with Crippen LogP contribution in [0, 0.1) is 16.7 Å². The molecular formula is C26H25N5O6. The summed E-state index contributed by atoms with van der Waals surface area (Å²) in [6, 6.07) is 11.7. The van der Waals surface area contributed by atoms with Crippen LogP contribution in [0.5, 0.6) is 11.5 Å². The lowest BCUT2D eigenvalue weighted by Gasteiger charge is -2.39.